The first-order valence-corrected chi connectivity index (χ1v) is 7.82. The second-order valence-electron chi connectivity index (χ2n) is 6.33. The molecule has 0 bridgehead atoms. The molecular formula is C18H28IN3O. The molecule has 128 valence electrons. The van der Waals surface area contributed by atoms with Crippen molar-refractivity contribution >= 4 is 29.9 Å². The summed E-state index contributed by atoms with van der Waals surface area (Å²) in [6.45, 7) is 5.25. The number of nitrogens with zero attached hydrogens (tertiary/aromatic N) is 1. The number of benzene rings is 1. The highest BCUT2D eigenvalue weighted by atomic mass is 127. The van der Waals surface area contributed by atoms with Crippen LogP contribution < -0.4 is 15.4 Å². The third kappa shape index (κ3) is 5.71. The van der Waals surface area contributed by atoms with Gasteiger partial charge in [0.2, 0.25) is 0 Å². The predicted molar refractivity (Wildman–Crippen MR) is 108 cm³/mol. The molecule has 0 fully saturated rings. The van der Waals surface area contributed by atoms with Crippen LogP contribution in [-0.4, -0.2) is 32.7 Å². The van der Waals surface area contributed by atoms with E-state index in [1.165, 1.54) is 5.56 Å². The zero-order valence-corrected chi connectivity index (χ0v) is 16.8. The molecule has 0 spiro atoms. The fourth-order valence-electron chi connectivity index (χ4n) is 2.57. The largest absolute Gasteiger partial charge is 0.497 e. The van der Waals surface area contributed by atoms with Crippen molar-refractivity contribution in [3.05, 3.63) is 42.0 Å². The molecule has 0 atom stereocenters. The summed E-state index contributed by atoms with van der Waals surface area (Å²) < 4.78 is 5.32. The lowest BCUT2D eigenvalue weighted by atomic mass is 9.84. The molecule has 0 saturated carbocycles. The Balaban J connectivity index is 0.00000264. The number of halogens is 1. The third-order valence-corrected chi connectivity index (χ3v) is 4.12. The van der Waals surface area contributed by atoms with Gasteiger partial charge in [-0.1, -0.05) is 38.1 Å². The van der Waals surface area contributed by atoms with Crippen LogP contribution in [0.2, 0.25) is 0 Å². The number of ether oxygens (including phenoxy) is 1. The fourth-order valence-corrected chi connectivity index (χ4v) is 2.57. The highest BCUT2D eigenvalue weighted by molar-refractivity contribution is 14.0. The Hall–Kier alpha value is -1.24. The number of hydrogen-bond acceptors (Lipinski definition) is 2. The maximum Gasteiger partial charge on any atom is 0.191 e. The van der Waals surface area contributed by atoms with E-state index >= 15 is 0 Å². The van der Waals surface area contributed by atoms with E-state index in [1.54, 1.807) is 7.11 Å². The quantitative estimate of drug-likeness (QED) is 0.326. The van der Waals surface area contributed by atoms with Gasteiger partial charge in [-0.2, -0.15) is 0 Å². The minimum Gasteiger partial charge on any atom is -0.497 e. The van der Waals surface area contributed by atoms with Gasteiger partial charge < -0.3 is 15.4 Å². The number of hydrogen-bond donors (Lipinski definition) is 2. The molecule has 0 unspecified atom stereocenters. The van der Waals surface area contributed by atoms with Crippen molar-refractivity contribution in [2.75, 3.05) is 20.7 Å². The molecule has 1 aliphatic rings. The molecule has 0 aromatic heterocycles. The van der Waals surface area contributed by atoms with E-state index in [4.69, 9.17) is 4.74 Å². The first kappa shape index (κ1) is 19.8. The Morgan fingerprint density at radius 1 is 1.30 bits per heavy atom. The Morgan fingerprint density at radius 3 is 2.61 bits per heavy atom. The molecule has 1 aromatic rings. The second-order valence-corrected chi connectivity index (χ2v) is 6.33. The standard InChI is InChI=1S/C18H27N3O.HI/c1-18(2,14-8-7-11-16(12-14)22-4)13-20-17(19-3)21-15-9-5-6-10-15;/h5-8,11-12,15H,9-10,13H2,1-4H3,(H2,19,20,21);1H. The summed E-state index contributed by atoms with van der Waals surface area (Å²) in [7, 11) is 3.52. The van der Waals surface area contributed by atoms with Gasteiger partial charge in [-0.15, -0.1) is 24.0 Å². The molecule has 0 heterocycles. The first-order chi connectivity index (χ1) is 10.5. The highest BCUT2D eigenvalue weighted by Crippen LogP contribution is 2.25. The summed E-state index contributed by atoms with van der Waals surface area (Å²) >= 11 is 0. The van der Waals surface area contributed by atoms with Crippen LogP contribution in [0, 0.1) is 0 Å². The third-order valence-electron chi connectivity index (χ3n) is 4.12. The Morgan fingerprint density at radius 2 is 2.00 bits per heavy atom. The number of guanidine groups is 1. The molecule has 0 aliphatic heterocycles. The summed E-state index contributed by atoms with van der Waals surface area (Å²) in [5.74, 6) is 1.76. The predicted octanol–water partition coefficient (Wildman–Crippen LogP) is 3.47. The van der Waals surface area contributed by atoms with Gasteiger partial charge in [0, 0.05) is 25.0 Å². The summed E-state index contributed by atoms with van der Waals surface area (Å²) in [6.07, 6.45) is 6.57. The van der Waals surface area contributed by atoms with Crippen LogP contribution in [0.1, 0.15) is 32.3 Å². The molecule has 1 aromatic carbocycles. The average molecular weight is 429 g/mol. The minimum atomic E-state index is -0.0138. The van der Waals surface area contributed by atoms with Crippen LogP contribution in [0.3, 0.4) is 0 Å². The van der Waals surface area contributed by atoms with Gasteiger partial charge in [0.1, 0.15) is 5.75 Å². The molecule has 1 aliphatic carbocycles. The van der Waals surface area contributed by atoms with Crippen molar-refractivity contribution in [3.8, 4) is 5.75 Å². The lowest BCUT2D eigenvalue weighted by molar-refractivity contribution is 0.411. The first-order valence-electron chi connectivity index (χ1n) is 7.82. The number of aliphatic imine (C=N–C) groups is 1. The minimum absolute atomic E-state index is 0. The lowest BCUT2D eigenvalue weighted by Crippen LogP contribution is -2.46. The van der Waals surface area contributed by atoms with Gasteiger partial charge in [-0.25, -0.2) is 0 Å². The molecule has 0 radical (unpaired) electrons. The van der Waals surface area contributed by atoms with E-state index in [0.717, 1.165) is 31.1 Å². The van der Waals surface area contributed by atoms with E-state index < -0.39 is 0 Å². The van der Waals surface area contributed by atoms with Gasteiger partial charge >= 0.3 is 0 Å². The lowest BCUT2D eigenvalue weighted by Gasteiger charge is -2.28. The fraction of sp³-hybridized carbons (Fsp3) is 0.500. The van der Waals surface area contributed by atoms with E-state index in [0.29, 0.717) is 6.04 Å². The Kier molecular flexibility index (Phi) is 7.88. The maximum atomic E-state index is 5.32. The zero-order valence-electron chi connectivity index (χ0n) is 14.4. The highest BCUT2D eigenvalue weighted by Gasteiger charge is 2.22. The van der Waals surface area contributed by atoms with Crippen LogP contribution in [0.25, 0.3) is 0 Å². The maximum absolute atomic E-state index is 5.32. The van der Waals surface area contributed by atoms with Crippen LogP contribution in [0.15, 0.2) is 41.4 Å². The van der Waals surface area contributed by atoms with Crippen molar-refractivity contribution in [2.24, 2.45) is 4.99 Å². The molecule has 2 N–H and O–H groups in total. The van der Waals surface area contributed by atoms with Gasteiger partial charge in [-0.3, -0.25) is 4.99 Å². The van der Waals surface area contributed by atoms with Gasteiger partial charge in [0.15, 0.2) is 5.96 Å². The van der Waals surface area contributed by atoms with Crippen LogP contribution in [0.5, 0.6) is 5.75 Å². The molecule has 23 heavy (non-hydrogen) atoms. The van der Waals surface area contributed by atoms with E-state index in [1.807, 2.05) is 19.2 Å². The van der Waals surface area contributed by atoms with Crippen molar-refractivity contribution < 1.29 is 4.74 Å². The molecule has 0 saturated heterocycles. The smallest absolute Gasteiger partial charge is 0.191 e. The van der Waals surface area contributed by atoms with Crippen LogP contribution in [-0.2, 0) is 5.41 Å². The summed E-state index contributed by atoms with van der Waals surface area (Å²) in [5.41, 5.74) is 1.23. The van der Waals surface area contributed by atoms with Crippen molar-refractivity contribution in [3.63, 3.8) is 0 Å². The monoisotopic (exact) mass is 429 g/mol. The van der Waals surface area contributed by atoms with Crippen molar-refractivity contribution in [2.45, 2.75) is 38.1 Å². The number of rotatable bonds is 5. The SMILES string of the molecule is CN=C(NCC(C)(C)c1cccc(OC)c1)NC1CC=CC1.I. The van der Waals surface area contributed by atoms with E-state index in [-0.39, 0.29) is 29.4 Å². The summed E-state index contributed by atoms with van der Waals surface area (Å²) in [4.78, 5) is 4.32. The van der Waals surface area contributed by atoms with Crippen LogP contribution in [0.4, 0.5) is 0 Å². The zero-order chi connectivity index (χ0) is 16.0. The normalized spacial score (nSPS) is 15.2. The summed E-state index contributed by atoms with van der Waals surface area (Å²) in [5, 5.41) is 6.91. The molecule has 5 heteroatoms. The molecule has 4 nitrogen and oxygen atoms in total. The molecular weight excluding hydrogens is 401 g/mol. The summed E-state index contributed by atoms with van der Waals surface area (Å²) in [6, 6.07) is 8.71. The molecule has 2 rings (SSSR count). The van der Waals surface area contributed by atoms with E-state index in [9.17, 15) is 0 Å². The Bertz CT molecular complexity index is 547. The van der Waals surface area contributed by atoms with Crippen LogP contribution >= 0.6 is 24.0 Å². The van der Waals surface area contributed by atoms with E-state index in [2.05, 4.69) is 53.8 Å². The van der Waals surface area contributed by atoms with Crippen molar-refractivity contribution in [1.29, 1.82) is 0 Å². The number of nitrogens with one attached hydrogen (secondary N) is 2. The second kappa shape index (κ2) is 9.15. The van der Waals surface area contributed by atoms with Gasteiger partial charge in [0.25, 0.3) is 0 Å². The van der Waals surface area contributed by atoms with Crippen molar-refractivity contribution in [1.82, 2.24) is 10.6 Å². The average Bonchev–Trinajstić information content (AvgIpc) is 3.04. The number of methoxy groups -OCH3 is 1. The van der Waals surface area contributed by atoms with Gasteiger partial charge in [0.05, 0.1) is 7.11 Å². The topological polar surface area (TPSA) is 45.7 Å². The Labute approximate surface area is 156 Å². The van der Waals surface area contributed by atoms with Gasteiger partial charge in [-0.05, 0) is 30.5 Å². The molecule has 0 amide bonds.